The zero-order valence-corrected chi connectivity index (χ0v) is 12.5. The molecule has 6 heteroatoms. The van der Waals surface area contributed by atoms with Crippen molar-refractivity contribution in [2.75, 3.05) is 26.2 Å². The summed E-state index contributed by atoms with van der Waals surface area (Å²) in [5.41, 5.74) is 0. The van der Waals surface area contributed by atoms with Gasteiger partial charge in [0.15, 0.2) is 11.6 Å². The number of hydrogen-bond acceptors (Lipinski definition) is 3. The molecular weight excluding hydrogens is 283 g/mol. The summed E-state index contributed by atoms with van der Waals surface area (Å²) in [7, 11) is 0. The number of benzene rings is 1. The normalized spacial score (nSPS) is 9.70. The number of ether oxygens (including phenoxy) is 1. The largest absolute Gasteiger partial charge is 0.491 e. The zero-order chi connectivity index (χ0) is 13.9. The molecule has 0 unspecified atom stereocenters. The molecule has 4 nitrogen and oxygen atoms in total. The van der Waals surface area contributed by atoms with Crippen LogP contribution in [-0.2, 0) is 4.79 Å². The van der Waals surface area contributed by atoms with Gasteiger partial charge in [-0.05, 0) is 25.1 Å². The Morgan fingerprint density at radius 1 is 1.30 bits per heavy atom. The highest BCUT2D eigenvalue weighted by Crippen LogP contribution is 2.15. The van der Waals surface area contributed by atoms with E-state index < -0.39 is 0 Å². The summed E-state index contributed by atoms with van der Waals surface area (Å²) in [6.07, 6.45) is 0.960. The second kappa shape index (κ2) is 11.5. The highest BCUT2D eigenvalue weighted by atomic mass is 35.5. The SMILES string of the molecule is CCNCCNC(=O)CCCOc1ccccc1F.Cl. The summed E-state index contributed by atoms with van der Waals surface area (Å²) in [6.45, 7) is 4.64. The van der Waals surface area contributed by atoms with Crippen LogP contribution in [0.2, 0.25) is 0 Å². The van der Waals surface area contributed by atoms with E-state index in [9.17, 15) is 9.18 Å². The third kappa shape index (κ3) is 7.96. The molecule has 0 aromatic heterocycles. The second-order valence-electron chi connectivity index (χ2n) is 4.09. The summed E-state index contributed by atoms with van der Waals surface area (Å²) in [4.78, 5) is 11.4. The number of likely N-dealkylation sites (N-methyl/N-ethyl adjacent to an activating group) is 1. The van der Waals surface area contributed by atoms with E-state index in [1.807, 2.05) is 6.92 Å². The molecule has 0 bridgehead atoms. The number of carbonyl (C=O) groups is 1. The van der Waals surface area contributed by atoms with E-state index in [2.05, 4.69) is 10.6 Å². The Balaban J connectivity index is 0.00000361. The van der Waals surface area contributed by atoms with Gasteiger partial charge in [-0.2, -0.15) is 0 Å². The lowest BCUT2D eigenvalue weighted by Gasteiger charge is -2.07. The molecule has 0 spiro atoms. The monoisotopic (exact) mass is 304 g/mol. The molecule has 20 heavy (non-hydrogen) atoms. The maximum absolute atomic E-state index is 13.2. The predicted molar refractivity (Wildman–Crippen MR) is 79.9 cm³/mol. The van der Waals surface area contributed by atoms with Gasteiger partial charge in [0.1, 0.15) is 0 Å². The first-order chi connectivity index (χ1) is 9.24. The van der Waals surface area contributed by atoms with Crippen LogP contribution in [0.3, 0.4) is 0 Å². The molecule has 1 aromatic rings. The van der Waals surface area contributed by atoms with Gasteiger partial charge in [-0.3, -0.25) is 4.79 Å². The molecule has 0 fully saturated rings. The van der Waals surface area contributed by atoms with Gasteiger partial charge in [0.05, 0.1) is 6.61 Å². The van der Waals surface area contributed by atoms with Crippen LogP contribution in [0.5, 0.6) is 5.75 Å². The fourth-order valence-corrected chi connectivity index (χ4v) is 1.53. The molecule has 1 aromatic carbocycles. The van der Waals surface area contributed by atoms with E-state index in [1.165, 1.54) is 6.07 Å². The Morgan fingerprint density at radius 3 is 2.75 bits per heavy atom. The lowest BCUT2D eigenvalue weighted by atomic mass is 10.3. The van der Waals surface area contributed by atoms with Crippen molar-refractivity contribution >= 4 is 18.3 Å². The minimum atomic E-state index is -0.377. The van der Waals surface area contributed by atoms with Crippen LogP contribution in [0.4, 0.5) is 4.39 Å². The molecule has 0 aliphatic heterocycles. The van der Waals surface area contributed by atoms with Gasteiger partial charge in [0.25, 0.3) is 0 Å². The van der Waals surface area contributed by atoms with Crippen molar-refractivity contribution < 1.29 is 13.9 Å². The molecule has 0 aliphatic rings. The number of halogens is 2. The first-order valence-corrected chi connectivity index (χ1v) is 6.58. The van der Waals surface area contributed by atoms with E-state index in [0.29, 0.717) is 26.0 Å². The van der Waals surface area contributed by atoms with Crippen LogP contribution in [-0.4, -0.2) is 32.1 Å². The molecule has 0 aliphatic carbocycles. The van der Waals surface area contributed by atoms with Crippen molar-refractivity contribution in [2.24, 2.45) is 0 Å². The molecule has 0 saturated carbocycles. The van der Waals surface area contributed by atoms with Crippen molar-refractivity contribution in [3.8, 4) is 5.75 Å². The van der Waals surface area contributed by atoms with Crippen molar-refractivity contribution in [2.45, 2.75) is 19.8 Å². The van der Waals surface area contributed by atoms with Crippen LogP contribution >= 0.6 is 12.4 Å². The van der Waals surface area contributed by atoms with Gasteiger partial charge in [-0.25, -0.2) is 4.39 Å². The van der Waals surface area contributed by atoms with Crippen LogP contribution in [0.25, 0.3) is 0 Å². The molecule has 1 rings (SSSR count). The Labute approximate surface area is 125 Å². The molecule has 0 atom stereocenters. The number of amides is 1. The number of carbonyl (C=O) groups excluding carboxylic acids is 1. The van der Waals surface area contributed by atoms with Crippen LogP contribution in [0.15, 0.2) is 24.3 Å². The third-order valence-corrected chi connectivity index (χ3v) is 2.52. The topological polar surface area (TPSA) is 50.4 Å². The van der Waals surface area contributed by atoms with Crippen molar-refractivity contribution in [3.63, 3.8) is 0 Å². The molecule has 114 valence electrons. The van der Waals surface area contributed by atoms with Gasteiger partial charge < -0.3 is 15.4 Å². The summed E-state index contributed by atoms with van der Waals surface area (Å²) >= 11 is 0. The minimum Gasteiger partial charge on any atom is -0.491 e. The van der Waals surface area contributed by atoms with E-state index in [0.717, 1.165) is 13.1 Å². The van der Waals surface area contributed by atoms with Crippen LogP contribution in [0, 0.1) is 5.82 Å². The Bertz CT molecular complexity index is 391. The Hall–Kier alpha value is -1.33. The first-order valence-electron chi connectivity index (χ1n) is 6.58. The lowest BCUT2D eigenvalue weighted by molar-refractivity contribution is -0.121. The molecule has 1 amide bonds. The Morgan fingerprint density at radius 2 is 2.05 bits per heavy atom. The smallest absolute Gasteiger partial charge is 0.220 e. The second-order valence-corrected chi connectivity index (χ2v) is 4.09. The van der Waals surface area contributed by atoms with Crippen LogP contribution < -0.4 is 15.4 Å². The molecule has 0 heterocycles. The van der Waals surface area contributed by atoms with Crippen molar-refractivity contribution in [3.05, 3.63) is 30.1 Å². The molecule has 0 saturated heterocycles. The van der Waals surface area contributed by atoms with Gasteiger partial charge in [-0.15, -0.1) is 12.4 Å². The number of hydrogen-bond donors (Lipinski definition) is 2. The fourth-order valence-electron chi connectivity index (χ4n) is 1.53. The van der Waals surface area contributed by atoms with E-state index in [1.54, 1.807) is 18.2 Å². The van der Waals surface area contributed by atoms with Gasteiger partial charge in [0, 0.05) is 19.5 Å². The standard InChI is InChI=1S/C14H21FN2O2.ClH/c1-2-16-9-10-17-14(18)8-5-11-19-13-7-4-3-6-12(13)15;/h3-4,6-7,16H,2,5,8-11H2,1H3,(H,17,18);1H. The van der Waals surface area contributed by atoms with Crippen molar-refractivity contribution in [1.29, 1.82) is 0 Å². The quantitative estimate of drug-likeness (QED) is 0.687. The zero-order valence-electron chi connectivity index (χ0n) is 11.7. The minimum absolute atomic E-state index is 0. The predicted octanol–water partition coefficient (Wildman–Crippen LogP) is 2.13. The molecular formula is C14H22ClFN2O2. The highest BCUT2D eigenvalue weighted by molar-refractivity contribution is 5.85. The number of para-hydroxylation sites is 1. The number of rotatable bonds is 9. The van der Waals surface area contributed by atoms with Crippen molar-refractivity contribution in [1.82, 2.24) is 10.6 Å². The third-order valence-electron chi connectivity index (χ3n) is 2.52. The average Bonchev–Trinajstić information content (AvgIpc) is 2.41. The summed E-state index contributed by atoms with van der Waals surface area (Å²) < 4.78 is 18.5. The van der Waals surface area contributed by atoms with Crippen LogP contribution in [0.1, 0.15) is 19.8 Å². The average molecular weight is 305 g/mol. The van der Waals surface area contributed by atoms with E-state index in [-0.39, 0.29) is 29.9 Å². The highest BCUT2D eigenvalue weighted by Gasteiger charge is 2.03. The first kappa shape index (κ1) is 18.7. The molecule has 2 N–H and O–H groups in total. The summed E-state index contributed by atoms with van der Waals surface area (Å²) in [5, 5.41) is 5.91. The maximum atomic E-state index is 13.2. The maximum Gasteiger partial charge on any atom is 0.220 e. The Kier molecular flexibility index (Phi) is 10.7. The number of nitrogens with one attached hydrogen (secondary N) is 2. The van der Waals surface area contributed by atoms with Gasteiger partial charge >= 0.3 is 0 Å². The fraction of sp³-hybridized carbons (Fsp3) is 0.500. The lowest BCUT2D eigenvalue weighted by Crippen LogP contribution is -2.31. The van der Waals surface area contributed by atoms with E-state index in [4.69, 9.17) is 4.74 Å². The van der Waals surface area contributed by atoms with E-state index >= 15 is 0 Å². The molecule has 0 radical (unpaired) electrons. The van der Waals surface area contributed by atoms with Gasteiger partial charge in [-0.1, -0.05) is 19.1 Å². The summed E-state index contributed by atoms with van der Waals surface area (Å²) in [6, 6.07) is 6.25. The summed E-state index contributed by atoms with van der Waals surface area (Å²) in [5.74, 6) is -0.150. The van der Waals surface area contributed by atoms with Gasteiger partial charge in [0.2, 0.25) is 5.91 Å².